The van der Waals surface area contributed by atoms with Gasteiger partial charge in [0.1, 0.15) is 0 Å². The van der Waals surface area contributed by atoms with Crippen molar-refractivity contribution in [2.45, 2.75) is 52.0 Å². The summed E-state index contributed by atoms with van der Waals surface area (Å²) in [5, 5.41) is 3.70. The van der Waals surface area contributed by atoms with E-state index in [1.165, 1.54) is 51.7 Å². The van der Waals surface area contributed by atoms with Crippen molar-refractivity contribution in [1.82, 2.24) is 10.2 Å². The van der Waals surface area contributed by atoms with Gasteiger partial charge in [-0.25, -0.2) is 0 Å². The summed E-state index contributed by atoms with van der Waals surface area (Å²) in [5.41, 5.74) is 0. The number of nitrogens with one attached hydrogen (secondary N) is 1. The molecule has 1 aliphatic rings. The van der Waals surface area contributed by atoms with Crippen LogP contribution in [0.25, 0.3) is 0 Å². The Morgan fingerprint density at radius 2 is 2.07 bits per heavy atom. The maximum absolute atomic E-state index is 3.70. The highest BCUT2D eigenvalue weighted by Gasteiger charge is 2.26. The van der Waals surface area contributed by atoms with Crippen LogP contribution in [0.15, 0.2) is 0 Å². The van der Waals surface area contributed by atoms with Crippen LogP contribution in [0.2, 0.25) is 0 Å². The summed E-state index contributed by atoms with van der Waals surface area (Å²) >= 11 is 0. The Bertz CT molecular complexity index is 159. The molecule has 2 atom stereocenters. The molecule has 0 aromatic carbocycles. The third-order valence-corrected chi connectivity index (χ3v) is 3.74. The van der Waals surface area contributed by atoms with Gasteiger partial charge in [-0.3, -0.25) is 0 Å². The van der Waals surface area contributed by atoms with E-state index in [1.807, 2.05) is 0 Å². The van der Waals surface area contributed by atoms with Gasteiger partial charge >= 0.3 is 0 Å². The maximum atomic E-state index is 3.70. The molecule has 0 radical (unpaired) electrons. The van der Waals surface area contributed by atoms with Gasteiger partial charge in [-0.2, -0.15) is 0 Å². The quantitative estimate of drug-likeness (QED) is 0.697. The number of hydrogen-bond acceptors (Lipinski definition) is 2. The van der Waals surface area contributed by atoms with Crippen LogP contribution in [0, 0.1) is 5.92 Å². The van der Waals surface area contributed by atoms with Crippen molar-refractivity contribution < 1.29 is 0 Å². The lowest BCUT2D eigenvalue weighted by atomic mass is 9.99. The first-order valence-corrected chi connectivity index (χ1v) is 6.69. The molecule has 2 unspecified atom stereocenters. The monoisotopic (exact) mass is 212 g/mol. The molecule has 90 valence electrons. The second kappa shape index (κ2) is 7.24. The van der Waals surface area contributed by atoms with Gasteiger partial charge in [-0.15, -0.1) is 0 Å². The van der Waals surface area contributed by atoms with Gasteiger partial charge < -0.3 is 10.2 Å². The standard InChI is InChI=1S/C13H28N2/c1-4-10-14-13-8-6-7-12(13)9-11-15(3)5-2/h12-14H,4-11H2,1-3H3. The third-order valence-electron chi connectivity index (χ3n) is 3.74. The van der Waals surface area contributed by atoms with E-state index in [4.69, 9.17) is 0 Å². The van der Waals surface area contributed by atoms with E-state index < -0.39 is 0 Å². The summed E-state index contributed by atoms with van der Waals surface area (Å²) in [7, 11) is 2.23. The fourth-order valence-corrected chi connectivity index (χ4v) is 2.53. The molecule has 0 aliphatic heterocycles. The SMILES string of the molecule is CCCNC1CCCC1CCN(C)CC. The van der Waals surface area contributed by atoms with Gasteiger partial charge in [0.25, 0.3) is 0 Å². The first-order valence-electron chi connectivity index (χ1n) is 6.69. The first-order chi connectivity index (χ1) is 7.27. The van der Waals surface area contributed by atoms with E-state index in [9.17, 15) is 0 Å². The molecule has 0 aromatic heterocycles. The Labute approximate surface area is 95.4 Å². The highest BCUT2D eigenvalue weighted by atomic mass is 15.1. The molecule has 1 rings (SSSR count). The fourth-order valence-electron chi connectivity index (χ4n) is 2.53. The van der Waals surface area contributed by atoms with Crippen LogP contribution in [-0.4, -0.2) is 37.6 Å². The number of rotatable bonds is 7. The second-order valence-electron chi connectivity index (χ2n) is 4.94. The molecule has 0 bridgehead atoms. The average Bonchev–Trinajstić information content (AvgIpc) is 2.70. The Kier molecular flexibility index (Phi) is 6.26. The molecular weight excluding hydrogens is 184 g/mol. The van der Waals surface area contributed by atoms with Crippen LogP contribution >= 0.6 is 0 Å². The van der Waals surface area contributed by atoms with Crippen LogP contribution < -0.4 is 5.32 Å². The van der Waals surface area contributed by atoms with E-state index in [0.717, 1.165) is 12.0 Å². The van der Waals surface area contributed by atoms with Gasteiger partial charge in [0, 0.05) is 6.04 Å². The van der Waals surface area contributed by atoms with Crippen LogP contribution in [-0.2, 0) is 0 Å². The van der Waals surface area contributed by atoms with Crippen molar-refractivity contribution in [3.05, 3.63) is 0 Å². The highest BCUT2D eigenvalue weighted by molar-refractivity contribution is 4.83. The van der Waals surface area contributed by atoms with E-state index in [0.29, 0.717) is 0 Å². The average molecular weight is 212 g/mol. The lowest BCUT2D eigenvalue weighted by molar-refractivity contribution is 0.290. The van der Waals surface area contributed by atoms with Crippen molar-refractivity contribution in [2.24, 2.45) is 5.92 Å². The van der Waals surface area contributed by atoms with Crippen LogP contribution in [0.5, 0.6) is 0 Å². The van der Waals surface area contributed by atoms with Gasteiger partial charge in [-0.05, 0) is 58.3 Å². The molecule has 0 saturated heterocycles. The fraction of sp³-hybridized carbons (Fsp3) is 1.00. The van der Waals surface area contributed by atoms with Crippen LogP contribution in [0.1, 0.15) is 46.0 Å². The first kappa shape index (κ1) is 13.0. The maximum Gasteiger partial charge on any atom is 0.00958 e. The van der Waals surface area contributed by atoms with Crippen molar-refractivity contribution in [2.75, 3.05) is 26.7 Å². The van der Waals surface area contributed by atoms with E-state index >= 15 is 0 Å². The lowest BCUT2D eigenvalue weighted by Gasteiger charge is -2.23. The van der Waals surface area contributed by atoms with E-state index in [1.54, 1.807) is 0 Å². The molecule has 0 amide bonds. The van der Waals surface area contributed by atoms with E-state index in [-0.39, 0.29) is 0 Å². The zero-order valence-electron chi connectivity index (χ0n) is 10.8. The van der Waals surface area contributed by atoms with E-state index in [2.05, 4.69) is 31.1 Å². The smallest absolute Gasteiger partial charge is 0.00958 e. The normalized spacial score (nSPS) is 26.4. The van der Waals surface area contributed by atoms with Gasteiger partial charge in [0.05, 0.1) is 0 Å². The molecule has 1 aliphatic carbocycles. The Hall–Kier alpha value is -0.0800. The lowest BCUT2D eigenvalue weighted by Crippen LogP contribution is -2.34. The van der Waals surface area contributed by atoms with Gasteiger partial charge in [0.15, 0.2) is 0 Å². The van der Waals surface area contributed by atoms with Crippen LogP contribution in [0.4, 0.5) is 0 Å². The summed E-state index contributed by atoms with van der Waals surface area (Å²) in [4.78, 5) is 2.43. The van der Waals surface area contributed by atoms with Gasteiger partial charge in [-0.1, -0.05) is 20.3 Å². The molecule has 2 heteroatoms. The summed E-state index contributed by atoms with van der Waals surface area (Å²) in [6.07, 6.45) is 6.92. The molecule has 0 spiro atoms. The summed E-state index contributed by atoms with van der Waals surface area (Å²) in [6.45, 7) is 8.14. The van der Waals surface area contributed by atoms with Crippen molar-refractivity contribution in [1.29, 1.82) is 0 Å². The minimum Gasteiger partial charge on any atom is -0.314 e. The molecule has 1 saturated carbocycles. The highest BCUT2D eigenvalue weighted by Crippen LogP contribution is 2.28. The largest absolute Gasteiger partial charge is 0.314 e. The van der Waals surface area contributed by atoms with Gasteiger partial charge in [0.2, 0.25) is 0 Å². The van der Waals surface area contributed by atoms with Crippen molar-refractivity contribution in [3.8, 4) is 0 Å². The summed E-state index contributed by atoms with van der Waals surface area (Å²) in [6, 6.07) is 0.815. The third kappa shape index (κ3) is 4.52. The Morgan fingerprint density at radius 3 is 2.73 bits per heavy atom. The van der Waals surface area contributed by atoms with Crippen molar-refractivity contribution in [3.63, 3.8) is 0 Å². The van der Waals surface area contributed by atoms with Crippen LogP contribution in [0.3, 0.4) is 0 Å². The molecule has 1 fully saturated rings. The zero-order chi connectivity index (χ0) is 11.1. The molecule has 15 heavy (non-hydrogen) atoms. The minimum atomic E-state index is 0.815. The predicted octanol–water partition coefficient (Wildman–Crippen LogP) is 2.50. The zero-order valence-corrected chi connectivity index (χ0v) is 10.8. The summed E-state index contributed by atoms with van der Waals surface area (Å²) < 4.78 is 0. The number of nitrogens with zero attached hydrogens (tertiary/aromatic N) is 1. The Morgan fingerprint density at radius 1 is 1.27 bits per heavy atom. The molecule has 1 N–H and O–H groups in total. The second-order valence-corrected chi connectivity index (χ2v) is 4.94. The predicted molar refractivity (Wildman–Crippen MR) is 67.2 cm³/mol. The molecule has 0 aromatic rings. The number of hydrogen-bond donors (Lipinski definition) is 1. The minimum absolute atomic E-state index is 0.815. The topological polar surface area (TPSA) is 15.3 Å². The summed E-state index contributed by atoms with van der Waals surface area (Å²) in [5.74, 6) is 0.936. The molecule has 0 heterocycles. The van der Waals surface area contributed by atoms with Crippen molar-refractivity contribution >= 4 is 0 Å². The Balaban J connectivity index is 2.20. The molecule has 2 nitrogen and oxygen atoms in total. The molecular formula is C13H28N2.